The van der Waals surface area contributed by atoms with Gasteiger partial charge in [0.15, 0.2) is 0 Å². The van der Waals surface area contributed by atoms with Crippen LogP contribution in [-0.2, 0) is 17.8 Å². The van der Waals surface area contributed by atoms with Crippen molar-refractivity contribution in [2.75, 3.05) is 20.3 Å². The number of hydrogen-bond acceptors (Lipinski definition) is 4. The summed E-state index contributed by atoms with van der Waals surface area (Å²) in [5.41, 5.74) is 0.812. The van der Waals surface area contributed by atoms with Crippen molar-refractivity contribution in [2.24, 2.45) is 0 Å². The van der Waals surface area contributed by atoms with Crippen LogP contribution in [0, 0.1) is 0 Å². The topological polar surface area (TPSA) is 78.2 Å². The highest BCUT2D eigenvalue weighted by molar-refractivity contribution is 6.30. The monoisotopic (exact) mass is 337 g/mol. The first-order valence-corrected chi connectivity index (χ1v) is 7.73. The average molecular weight is 338 g/mol. The summed E-state index contributed by atoms with van der Waals surface area (Å²) in [6.07, 6.45) is 0.859. The van der Waals surface area contributed by atoms with Crippen molar-refractivity contribution in [3.05, 3.63) is 67.4 Å². The number of rotatable bonds is 8. The van der Waals surface area contributed by atoms with Crippen LogP contribution in [0.3, 0.4) is 0 Å². The Morgan fingerprint density at radius 3 is 2.52 bits per heavy atom. The Labute approximate surface area is 139 Å². The molecule has 6 nitrogen and oxygen atoms in total. The van der Waals surface area contributed by atoms with Crippen LogP contribution in [0.1, 0.15) is 17.7 Å². The van der Waals surface area contributed by atoms with Crippen molar-refractivity contribution in [3.63, 3.8) is 0 Å². The lowest BCUT2D eigenvalue weighted by Crippen LogP contribution is -2.29. The lowest BCUT2D eigenvalue weighted by atomic mass is 10.2. The number of nitrogens with zero attached hydrogens (tertiary/aromatic N) is 1. The zero-order valence-electron chi connectivity index (χ0n) is 13.0. The predicted molar refractivity (Wildman–Crippen MR) is 89.7 cm³/mol. The molecule has 0 spiro atoms. The predicted octanol–water partition coefficient (Wildman–Crippen LogP) is 1.76. The summed E-state index contributed by atoms with van der Waals surface area (Å²) in [4.78, 5) is 29.8. The smallest absolute Gasteiger partial charge is 0.325 e. The van der Waals surface area contributed by atoms with E-state index in [9.17, 15) is 9.59 Å². The van der Waals surface area contributed by atoms with E-state index in [2.05, 4.69) is 14.9 Å². The Hall–Kier alpha value is -1.89. The van der Waals surface area contributed by atoms with Crippen molar-refractivity contribution in [1.29, 1.82) is 0 Å². The molecule has 0 aliphatic heterocycles. The van der Waals surface area contributed by atoms with Gasteiger partial charge in [-0.1, -0.05) is 23.7 Å². The number of methoxy groups -OCH3 is 1. The third-order valence-electron chi connectivity index (χ3n) is 3.35. The molecule has 0 radical (unpaired) electrons. The molecule has 1 heterocycles. The van der Waals surface area contributed by atoms with Gasteiger partial charge in [-0.05, 0) is 24.1 Å². The third kappa shape index (κ3) is 6.02. The fourth-order valence-electron chi connectivity index (χ4n) is 2.34. The SMILES string of the molecule is COCCCN(Cc1ccc(Cl)cc1)Cc1cc(=O)[nH]c(=O)[nH]1. The van der Waals surface area contributed by atoms with Gasteiger partial charge in [0.25, 0.3) is 5.56 Å². The third-order valence-corrected chi connectivity index (χ3v) is 3.60. The fourth-order valence-corrected chi connectivity index (χ4v) is 2.47. The van der Waals surface area contributed by atoms with E-state index >= 15 is 0 Å². The molecule has 23 heavy (non-hydrogen) atoms. The van der Waals surface area contributed by atoms with Gasteiger partial charge in [-0.3, -0.25) is 14.7 Å². The quantitative estimate of drug-likeness (QED) is 0.719. The second-order valence-corrected chi connectivity index (χ2v) is 5.73. The van der Waals surface area contributed by atoms with Crippen LogP contribution in [0.15, 0.2) is 39.9 Å². The first-order valence-electron chi connectivity index (χ1n) is 7.35. The Bertz CT molecular complexity index is 696. The maximum Gasteiger partial charge on any atom is 0.325 e. The summed E-state index contributed by atoms with van der Waals surface area (Å²) >= 11 is 5.91. The largest absolute Gasteiger partial charge is 0.385 e. The van der Waals surface area contributed by atoms with Crippen molar-refractivity contribution < 1.29 is 4.74 Å². The molecule has 0 aliphatic rings. The Balaban J connectivity index is 2.10. The molecule has 124 valence electrons. The molecule has 1 aromatic carbocycles. The molecule has 0 saturated carbocycles. The highest BCUT2D eigenvalue weighted by atomic mass is 35.5. The Morgan fingerprint density at radius 2 is 1.87 bits per heavy atom. The standard InChI is InChI=1S/C16H20ClN3O3/c1-23-8-2-7-20(10-12-3-5-13(17)6-4-12)11-14-9-15(21)19-16(22)18-14/h3-6,9H,2,7-8,10-11H2,1H3,(H2,18,19,21,22). The van der Waals surface area contributed by atoms with Crippen LogP contribution >= 0.6 is 11.6 Å². The lowest BCUT2D eigenvalue weighted by molar-refractivity contribution is 0.166. The van der Waals surface area contributed by atoms with Crippen LogP contribution in [0.4, 0.5) is 0 Å². The molecular formula is C16H20ClN3O3. The Kier molecular flexibility index (Phi) is 6.58. The minimum atomic E-state index is -0.490. The maximum absolute atomic E-state index is 11.4. The Morgan fingerprint density at radius 1 is 1.13 bits per heavy atom. The molecule has 0 bridgehead atoms. The molecule has 0 saturated heterocycles. The molecule has 2 rings (SSSR count). The van der Waals surface area contributed by atoms with Gasteiger partial charge in [0.05, 0.1) is 0 Å². The normalized spacial score (nSPS) is 11.1. The van der Waals surface area contributed by atoms with Crippen molar-refractivity contribution in [2.45, 2.75) is 19.5 Å². The van der Waals surface area contributed by atoms with Crippen LogP contribution in [0.5, 0.6) is 0 Å². The summed E-state index contributed by atoms with van der Waals surface area (Å²) in [6, 6.07) is 9.03. The molecule has 7 heteroatoms. The maximum atomic E-state index is 11.4. The van der Waals surface area contributed by atoms with Gasteiger partial charge in [-0.15, -0.1) is 0 Å². The summed E-state index contributed by atoms with van der Waals surface area (Å²) in [5, 5.41) is 0.693. The molecule has 0 fully saturated rings. The lowest BCUT2D eigenvalue weighted by Gasteiger charge is -2.22. The number of aromatic nitrogens is 2. The summed E-state index contributed by atoms with van der Waals surface area (Å²) < 4.78 is 5.09. The van der Waals surface area contributed by atoms with Gasteiger partial charge < -0.3 is 9.72 Å². The second-order valence-electron chi connectivity index (χ2n) is 5.30. The van der Waals surface area contributed by atoms with Gasteiger partial charge in [0.1, 0.15) is 0 Å². The summed E-state index contributed by atoms with van der Waals surface area (Å²) in [7, 11) is 1.66. The number of halogens is 1. The van der Waals surface area contributed by atoms with Gasteiger partial charge in [0, 0.05) is 50.1 Å². The molecule has 2 aromatic rings. The molecule has 0 unspecified atom stereocenters. The van der Waals surface area contributed by atoms with Gasteiger partial charge >= 0.3 is 5.69 Å². The van der Waals surface area contributed by atoms with E-state index in [0.717, 1.165) is 18.5 Å². The number of H-pyrrole nitrogens is 2. The first kappa shape index (κ1) is 17.5. The summed E-state index contributed by atoms with van der Waals surface area (Å²) in [6.45, 7) is 2.61. The number of ether oxygens (including phenoxy) is 1. The van der Waals surface area contributed by atoms with E-state index < -0.39 is 11.2 Å². The van der Waals surface area contributed by atoms with E-state index in [1.807, 2.05) is 24.3 Å². The first-order chi connectivity index (χ1) is 11.1. The number of hydrogen-bond donors (Lipinski definition) is 2. The number of aromatic amines is 2. The highest BCUT2D eigenvalue weighted by Crippen LogP contribution is 2.13. The number of benzene rings is 1. The zero-order valence-corrected chi connectivity index (χ0v) is 13.7. The van der Waals surface area contributed by atoms with Gasteiger partial charge in [-0.25, -0.2) is 4.79 Å². The molecule has 0 atom stereocenters. The fraction of sp³-hybridized carbons (Fsp3) is 0.375. The van der Waals surface area contributed by atoms with E-state index in [1.165, 1.54) is 6.07 Å². The van der Waals surface area contributed by atoms with Gasteiger partial charge in [-0.2, -0.15) is 0 Å². The van der Waals surface area contributed by atoms with Gasteiger partial charge in [0.2, 0.25) is 0 Å². The second kappa shape index (κ2) is 8.67. The van der Waals surface area contributed by atoms with Crippen LogP contribution in [0.2, 0.25) is 5.02 Å². The minimum absolute atomic E-state index is 0.396. The zero-order chi connectivity index (χ0) is 16.7. The van der Waals surface area contributed by atoms with Crippen LogP contribution in [-0.4, -0.2) is 35.1 Å². The van der Waals surface area contributed by atoms with E-state index in [0.29, 0.717) is 30.4 Å². The van der Waals surface area contributed by atoms with Crippen molar-refractivity contribution >= 4 is 11.6 Å². The summed E-state index contributed by atoms with van der Waals surface area (Å²) in [5.74, 6) is 0. The van der Waals surface area contributed by atoms with Crippen molar-refractivity contribution in [1.82, 2.24) is 14.9 Å². The molecular weight excluding hydrogens is 318 g/mol. The van der Waals surface area contributed by atoms with Crippen LogP contribution < -0.4 is 11.2 Å². The molecule has 1 aromatic heterocycles. The van der Waals surface area contributed by atoms with E-state index in [4.69, 9.17) is 16.3 Å². The minimum Gasteiger partial charge on any atom is -0.385 e. The van der Waals surface area contributed by atoms with Crippen LogP contribution in [0.25, 0.3) is 0 Å². The molecule has 0 amide bonds. The molecule has 2 N–H and O–H groups in total. The van der Waals surface area contributed by atoms with E-state index in [1.54, 1.807) is 7.11 Å². The van der Waals surface area contributed by atoms with E-state index in [-0.39, 0.29) is 0 Å². The van der Waals surface area contributed by atoms with Crippen molar-refractivity contribution in [3.8, 4) is 0 Å². The highest BCUT2D eigenvalue weighted by Gasteiger charge is 2.09. The average Bonchev–Trinajstić information content (AvgIpc) is 2.48. The number of nitrogens with one attached hydrogen (secondary N) is 2. The molecule has 0 aliphatic carbocycles.